The second kappa shape index (κ2) is 6.89. The van der Waals surface area contributed by atoms with Crippen molar-refractivity contribution in [2.45, 2.75) is 59.4 Å². The molecule has 2 aromatic heterocycles. The number of amides is 1. The predicted octanol–water partition coefficient (Wildman–Crippen LogP) is 3.83. The van der Waals surface area contributed by atoms with Crippen LogP contribution in [0.4, 0.5) is 0 Å². The van der Waals surface area contributed by atoms with E-state index in [0.717, 1.165) is 16.9 Å². The van der Waals surface area contributed by atoms with Gasteiger partial charge in [-0.05, 0) is 39.3 Å². The average molecular weight is 381 g/mol. The molecule has 0 atom stereocenters. The van der Waals surface area contributed by atoms with Gasteiger partial charge < -0.3 is 9.84 Å². The first-order valence-corrected chi connectivity index (χ1v) is 9.28. The van der Waals surface area contributed by atoms with E-state index in [1.807, 2.05) is 72.7 Å². The molecule has 7 nitrogen and oxygen atoms in total. The first-order valence-electron chi connectivity index (χ1n) is 9.28. The van der Waals surface area contributed by atoms with Crippen LogP contribution in [0, 0.1) is 13.8 Å². The van der Waals surface area contributed by atoms with Crippen LogP contribution < -0.4 is 5.32 Å². The largest absolute Gasteiger partial charge is 0.340 e. The number of hydrogen-bond donors (Lipinski definition) is 1. The fraction of sp³-hybridized carbons (Fsp3) is 0.429. The number of aromatic nitrogens is 4. The molecule has 0 unspecified atom stereocenters. The summed E-state index contributed by atoms with van der Waals surface area (Å²) < 4.78 is 7.15. The standard InChI is InChI=1S/C21H27N5O2/c1-13-10-8-9-11-16(13)26-14(2)15(12-22-26)17(27)24-21(6,7)18-23-19(28-25-18)20(3,4)5/h8-12H,1-7H3,(H,24,27). The number of nitrogens with zero attached hydrogens (tertiary/aromatic N) is 4. The van der Waals surface area contributed by atoms with Crippen LogP contribution in [0.1, 0.15) is 67.9 Å². The molecule has 0 radical (unpaired) electrons. The van der Waals surface area contributed by atoms with Crippen molar-refractivity contribution in [1.29, 1.82) is 0 Å². The summed E-state index contributed by atoms with van der Waals surface area (Å²) in [7, 11) is 0. The van der Waals surface area contributed by atoms with Crippen LogP contribution in [0.5, 0.6) is 0 Å². The molecule has 1 amide bonds. The number of rotatable bonds is 4. The van der Waals surface area contributed by atoms with E-state index in [0.29, 0.717) is 17.3 Å². The Morgan fingerprint density at radius 1 is 1.11 bits per heavy atom. The summed E-state index contributed by atoms with van der Waals surface area (Å²) in [6.07, 6.45) is 1.59. The molecule has 0 saturated heterocycles. The van der Waals surface area contributed by atoms with E-state index in [1.165, 1.54) is 0 Å². The lowest BCUT2D eigenvalue weighted by atomic mass is 9.97. The highest BCUT2D eigenvalue weighted by atomic mass is 16.5. The molecule has 2 heterocycles. The summed E-state index contributed by atoms with van der Waals surface area (Å²) in [4.78, 5) is 17.4. The third-order valence-corrected chi connectivity index (χ3v) is 4.65. The number of para-hydroxylation sites is 1. The van der Waals surface area contributed by atoms with E-state index >= 15 is 0 Å². The molecule has 148 valence electrons. The van der Waals surface area contributed by atoms with Crippen molar-refractivity contribution < 1.29 is 9.32 Å². The molecule has 0 saturated carbocycles. The summed E-state index contributed by atoms with van der Waals surface area (Å²) in [5.41, 5.74) is 2.27. The molecular weight excluding hydrogens is 354 g/mol. The Kier molecular flexibility index (Phi) is 4.87. The fourth-order valence-electron chi connectivity index (χ4n) is 2.87. The summed E-state index contributed by atoms with van der Waals surface area (Å²) in [6, 6.07) is 7.93. The molecule has 7 heteroatoms. The minimum Gasteiger partial charge on any atom is -0.340 e. The van der Waals surface area contributed by atoms with Crippen LogP contribution in [0.25, 0.3) is 5.69 Å². The topological polar surface area (TPSA) is 85.8 Å². The SMILES string of the molecule is Cc1ccccc1-n1ncc(C(=O)NC(C)(C)c2noc(C(C)(C)C)n2)c1C. The molecule has 0 bridgehead atoms. The van der Waals surface area contributed by atoms with Gasteiger partial charge in [-0.15, -0.1) is 0 Å². The molecule has 28 heavy (non-hydrogen) atoms. The Morgan fingerprint density at radius 2 is 1.79 bits per heavy atom. The molecule has 3 rings (SSSR count). The van der Waals surface area contributed by atoms with Crippen molar-refractivity contribution >= 4 is 5.91 Å². The van der Waals surface area contributed by atoms with Crippen molar-refractivity contribution in [2.75, 3.05) is 0 Å². The molecular formula is C21H27N5O2. The van der Waals surface area contributed by atoms with Crippen LogP contribution in [0.2, 0.25) is 0 Å². The third kappa shape index (κ3) is 3.69. The van der Waals surface area contributed by atoms with Crippen LogP contribution in [0.15, 0.2) is 35.0 Å². The Bertz CT molecular complexity index is 1010. The van der Waals surface area contributed by atoms with E-state index < -0.39 is 5.54 Å². The molecule has 0 aliphatic heterocycles. The maximum Gasteiger partial charge on any atom is 0.255 e. The van der Waals surface area contributed by atoms with Gasteiger partial charge in [-0.2, -0.15) is 10.1 Å². The highest BCUT2D eigenvalue weighted by molar-refractivity contribution is 5.95. The zero-order valence-corrected chi connectivity index (χ0v) is 17.5. The molecule has 1 aromatic carbocycles. The summed E-state index contributed by atoms with van der Waals surface area (Å²) in [5, 5.41) is 11.5. The quantitative estimate of drug-likeness (QED) is 0.742. The molecule has 0 spiro atoms. The highest BCUT2D eigenvalue weighted by Gasteiger charge is 2.32. The lowest BCUT2D eigenvalue weighted by molar-refractivity contribution is 0.0906. The maximum absolute atomic E-state index is 12.9. The van der Waals surface area contributed by atoms with E-state index in [9.17, 15) is 4.79 Å². The molecule has 0 aliphatic rings. The van der Waals surface area contributed by atoms with Gasteiger partial charge in [-0.25, -0.2) is 4.68 Å². The smallest absolute Gasteiger partial charge is 0.255 e. The van der Waals surface area contributed by atoms with Gasteiger partial charge >= 0.3 is 0 Å². The number of carbonyl (C=O) groups excluding carboxylic acids is 1. The Hall–Kier alpha value is -2.96. The molecule has 0 aliphatic carbocycles. The van der Waals surface area contributed by atoms with Crippen LogP contribution in [0.3, 0.4) is 0 Å². The normalized spacial score (nSPS) is 12.2. The molecule has 1 N–H and O–H groups in total. The van der Waals surface area contributed by atoms with Gasteiger partial charge in [0, 0.05) is 5.41 Å². The fourth-order valence-corrected chi connectivity index (χ4v) is 2.87. The van der Waals surface area contributed by atoms with Crippen molar-refractivity contribution in [3.8, 4) is 5.69 Å². The molecule has 3 aromatic rings. The van der Waals surface area contributed by atoms with Gasteiger partial charge in [0.05, 0.1) is 28.7 Å². The minimum atomic E-state index is -0.790. The lowest BCUT2D eigenvalue weighted by Crippen LogP contribution is -2.42. The summed E-state index contributed by atoms with van der Waals surface area (Å²) in [6.45, 7) is 13.6. The number of hydrogen-bond acceptors (Lipinski definition) is 5. The minimum absolute atomic E-state index is 0.232. The second-order valence-corrected chi connectivity index (χ2v) is 8.59. The first-order chi connectivity index (χ1) is 13.0. The lowest BCUT2D eigenvalue weighted by Gasteiger charge is -2.22. The van der Waals surface area contributed by atoms with E-state index in [-0.39, 0.29) is 11.3 Å². The Balaban J connectivity index is 1.85. The summed E-state index contributed by atoms with van der Waals surface area (Å²) in [5.74, 6) is 0.743. The third-order valence-electron chi connectivity index (χ3n) is 4.65. The first kappa shape index (κ1) is 19.8. The van der Waals surface area contributed by atoms with Crippen molar-refractivity contribution in [1.82, 2.24) is 25.2 Å². The van der Waals surface area contributed by atoms with E-state index in [4.69, 9.17) is 4.52 Å². The zero-order valence-electron chi connectivity index (χ0n) is 17.5. The van der Waals surface area contributed by atoms with Gasteiger partial charge in [0.2, 0.25) is 5.89 Å². The number of aryl methyl sites for hydroxylation is 1. The van der Waals surface area contributed by atoms with Gasteiger partial charge in [-0.3, -0.25) is 4.79 Å². The van der Waals surface area contributed by atoms with Crippen molar-refractivity contribution in [3.63, 3.8) is 0 Å². The number of carbonyl (C=O) groups is 1. The van der Waals surface area contributed by atoms with Crippen LogP contribution in [-0.2, 0) is 11.0 Å². The van der Waals surface area contributed by atoms with E-state index in [2.05, 4.69) is 20.6 Å². The Labute approximate surface area is 165 Å². The van der Waals surface area contributed by atoms with Crippen LogP contribution in [-0.4, -0.2) is 25.8 Å². The van der Waals surface area contributed by atoms with Gasteiger partial charge in [-0.1, -0.05) is 44.1 Å². The second-order valence-electron chi connectivity index (χ2n) is 8.59. The zero-order chi connectivity index (χ0) is 20.7. The summed E-state index contributed by atoms with van der Waals surface area (Å²) >= 11 is 0. The van der Waals surface area contributed by atoms with E-state index in [1.54, 1.807) is 10.9 Å². The van der Waals surface area contributed by atoms with Crippen LogP contribution >= 0.6 is 0 Å². The van der Waals surface area contributed by atoms with Crippen molar-refractivity contribution in [3.05, 3.63) is 59.0 Å². The maximum atomic E-state index is 12.9. The number of nitrogens with one attached hydrogen (secondary N) is 1. The molecule has 0 fully saturated rings. The number of benzene rings is 1. The van der Waals surface area contributed by atoms with Crippen molar-refractivity contribution in [2.24, 2.45) is 0 Å². The predicted molar refractivity (Wildman–Crippen MR) is 107 cm³/mol. The average Bonchev–Trinajstić information content (AvgIpc) is 3.22. The monoisotopic (exact) mass is 381 g/mol. The van der Waals surface area contributed by atoms with Gasteiger partial charge in [0.15, 0.2) is 5.82 Å². The highest BCUT2D eigenvalue weighted by Crippen LogP contribution is 2.25. The van der Waals surface area contributed by atoms with Gasteiger partial charge in [0.25, 0.3) is 5.91 Å². The van der Waals surface area contributed by atoms with Gasteiger partial charge in [0.1, 0.15) is 0 Å². The Morgan fingerprint density at radius 3 is 2.39 bits per heavy atom.